The molecule has 1 atom stereocenters. The van der Waals surface area contributed by atoms with Crippen molar-refractivity contribution in [3.8, 4) is 0 Å². The quantitative estimate of drug-likeness (QED) is 0.843. The number of imidazole rings is 1. The van der Waals surface area contributed by atoms with Gasteiger partial charge in [-0.3, -0.25) is 4.79 Å². The first kappa shape index (κ1) is 16.0. The van der Waals surface area contributed by atoms with Crippen LogP contribution in [0.2, 0.25) is 0 Å². The zero-order chi connectivity index (χ0) is 15.3. The first-order valence-electron chi connectivity index (χ1n) is 7.95. The van der Waals surface area contributed by atoms with E-state index in [0.717, 1.165) is 38.1 Å². The number of carbonyl (C=O) groups is 1. The van der Waals surface area contributed by atoms with Gasteiger partial charge in [0.1, 0.15) is 5.82 Å². The van der Waals surface area contributed by atoms with Gasteiger partial charge in [0.2, 0.25) is 5.91 Å². The van der Waals surface area contributed by atoms with Gasteiger partial charge in [0.15, 0.2) is 0 Å². The predicted octanol–water partition coefficient (Wildman–Crippen LogP) is 2.03. The summed E-state index contributed by atoms with van der Waals surface area (Å²) in [5.74, 6) is 1.29. The lowest BCUT2D eigenvalue weighted by molar-refractivity contribution is -0.127. The molecule has 0 bridgehead atoms. The fourth-order valence-corrected chi connectivity index (χ4v) is 3.03. The molecule has 0 aliphatic heterocycles. The average Bonchev–Trinajstić information content (AvgIpc) is 2.82. The Hall–Kier alpha value is -1.36. The van der Waals surface area contributed by atoms with E-state index >= 15 is 0 Å². The normalized spacial score (nSPS) is 19.2. The van der Waals surface area contributed by atoms with E-state index in [0.29, 0.717) is 12.5 Å². The van der Waals surface area contributed by atoms with Gasteiger partial charge in [-0.1, -0.05) is 26.2 Å². The van der Waals surface area contributed by atoms with Gasteiger partial charge < -0.3 is 15.0 Å². The van der Waals surface area contributed by atoms with E-state index in [4.69, 9.17) is 0 Å². The monoisotopic (exact) mass is 293 g/mol. The molecule has 0 aromatic carbocycles. The topological polar surface area (TPSA) is 67.2 Å². The molecule has 1 heterocycles. The Morgan fingerprint density at radius 1 is 1.48 bits per heavy atom. The first-order chi connectivity index (χ1) is 9.98. The average molecular weight is 293 g/mol. The molecule has 2 rings (SSSR count). The highest BCUT2D eigenvalue weighted by Crippen LogP contribution is 2.30. The van der Waals surface area contributed by atoms with Gasteiger partial charge in [0.25, 0.3) is 0 Å². The number of carbonyl (C=O) groups excluding carboxylic acids is 1. The third-order valence-corrected chi connectivity index (χ3v) is 4.35. The molecule has 1 amide bonds. The third-order valence-electron chi connectivity index (χ3n) is 4.35. The van der Waals surface area contributed by atoms with Crippen molar-refractivity contribution in [2.24, 2.45) is 5.92 Å². The van der Waals surface area contributed by atoms with E-state index in [1.807, 2.05) is 13.1 Å². The van der Waals surface area contributed by atoms with Gasteiger partial charge in [0.05, 0.1) is 12.0 Å². The Kier molecular flexibility index (Phi) is 5.39. The second kappa shape index (κ2) is 7.07. The Morgan fingerprint density at radius 2 is 2.19 bits per heavy atom. The lowest BCUT2D eigenvalue weighted by Crippen LogP contribution is -2.39. The number of nitrogens with one attached hydrogen (secondary N) is 1. The largest absolute Gasteiger partial charge is 0.389 e. The standard InChI is InChI=1S/C16H27N3O2/c1-13(12-19-9-8-17-14(19)2)11-18-15(20)10-16(21)6-4-3-5-7-16/h8-9,13,21H,3-7,10-12H2,1-2H3,(H,18,20). The summed E-state index contributed by atoms with van der Waals surface area (Å²) < 4.78 is 2.09. The van der Waals surface area contributed by atoms with Crippen LogP contribution in [0.1, 0.15) is 51.3 Å². The Morgan fingerprint density at radius 3 is 2.81 bits per heavy atom. The molecule has 1 unspecified atom stereocenters. The van der Waals surface area contributed by atoms with Crippen LogP contribution in [0.25, 0.3) is 0 Å². The van der Waals surface area contributed by atoms with Gasteiger partial charge in [-0.15, -0.1) is 0 Å². The first-order valence-corrected chi connectivity index (χ1v) is 7.95. The number of hydrogen-bond acceptors (Lipinski definition) is 3. The minimum Gasteiger partial charge on any atom is -0.389 e. The molecule has 1 fully saturated rings. The SMILES string of the molecule is Cc1nccn1CC(C)CNC(=O)CC1(O)CCCCC1. The van der Waals surface area contributed by atoms with Crippen LogP contribution in [0, 0.1) is 12.8 Å². The summed E-state index contributed by atoms with van der Waals surface area (Å²) >= 11 is 0. The van der Waals surface area contributed by atoms with Crippen molar-refractivity contribution in [2.75, 3.05) is 6.54 Å². The van der Waals surface area contributed by atoms with Crippen molar-refractivity contribution in [1.29, 1.82) is 0 Å². The number of aryl methyl sites for hydroxylation is 1. The number of aliphatic hydroxyl groups is 1. The molecule has 5 nitrogen and oxygen atoms in total. The van der Waals surface area contributed by atoms with Crippen LogP contribution in [0.3, 0.4) is 0 Å². The van der Waals surface area contributed by atoms with Crippen LogP contribution in [-0.2, 0) is 11.3 Å². The van der Waals surface area contributed by atoms with E-state index < -0.39 is 5.60 Å². The maximum Gasteiger partial charge on any atom is 0.222 e. The molecule has 0 spiro atoms. The third kappa shape index (κ3) is 4.84. The minimum atomic E-state index is -0.771. The van der Waals surface area contributed by atoms with Crippen LogP contribution in [-0.4, -0.2) is 32.7 Å². The van der Waals surface area contributed by atoms with Crippen molar-refractivity contribution < 1.29 is 9.90 Å². The molecule has 0 radical (unpaired) electrons. The second-order valence-electron chi connectivity index (χ2n) is 6.50. The maximum absolute atomic E-state index is 12.0. The maximum atomic E-state index is 12.0. The van der Waals surface area contributed by atoms with E-state index in [2.05, 4.69) is 21.8 Å². The van der Waals surface area contributed by atoms with Crippen LogP contribution in [0.5, 0.6) is 0 Å². The summed E-state index contributed by atoms with van der Waals surface area (Å²) in [5, 5.41) is 13.3. The molecule has 1 saturated carbocycles. The van der Waals surface area contributed by atoms with Gasteiger partial charge in [-0.2, -0.15) is 0 Å². The van der Waals surface area contributed by atoms with Gasteiger partial charge in [-0.05, 0) is 25.7 Å². The highest BCUT2D eigenvalue weighted by atomic mass is 16.3. The highest BCUT2D eigenvalue weighted by molar-refractivity contribution is 5.77. The summed E-state index contributed by atoms with van der Waals surface area (Å²) in [6.45, 7) is 5.56. The molecule has 2 N–H and O–H groups in total. The van der Waals surface area contributed by atoms with Crippen LogP contribution >= 0.6 is 0 Å². The second-order valence-corrected chi connectivity index (χ2v) is 6.50. The van der Waals surface area contributed by atoms with Crippen LogP contribution in [0.4, 0.5) is 0 Å². The summed E-state index contributed by atoms with van der Waals surface area (Å²) in [7, 11) is 0. The fraction of sp³-hybridized carbons (Fsp3) is 0.750. The molecule has 1 aromatic rings. The fourth-order valence-electron chi connectivity index (χ4n) is 3.03. The molecule has 118 valence electrons. The number of hydrogen-bond donors (Lipinski definition) is 2. The predicted molar refractivity (Wildman–Crippen MR) is 81.8 cm³/mol. The minimum absolute atomic E-state index is 0.0337. The molecular weight excluding hydrogens is 266 g/mol. The van der Waals surface area contributed by atoms with E-state index in [9.17, 15) is 9.90 Å². The van der Waals surface area contributed by atoms with E-state index in [1.54, 1.807) is 6.20 Å². The van der Waals surface area contributed by atoms with E-state index in [1.165, 1.54) is 6.42 Å². The number of nitrogens with zero attached hydrogens (tertiary/aromatic N) is 2. The zero-order valence-corrected chi connectivity index (χ0v) is 13.1. The molecule has 1 aliphatic rings. The molecule has 21 heavy (non-hydrogen) atoms. The van der Waals surface area contributed by atoms with Crippen LogP contribution in [0.15, 0.2) is 12.4 Å². The van der Waals surface area contributed by atoms with Crippen molar-refractivity contribution in [3.05, 3.63) is 18.2 Å². The lowest BCUT2D eigenvalue weighted by atomic mass is 9.82. The van der Waals surface area contributed by atoms with Crippen molar-refractivity contribution >= 4 is 5.91 Å². The highest BCUT2D eigenvalue weighted by Gasteiger charge is 2.31. The summed E-state index contributed by atoms with van der Waals surface area (Å²) in [6, 6.07) is 0. The molecule has 1 aromatic heterocycles. The van der Waals surface area contributed by atoms with Crippen molar-refractivity contribution in [2.45, 2.75) is 64.5 Å². The Balaban J connectivity index is 1.72. The molecular formula is C16H27N3O2. The smallest absolute Gasteiger partial charge is 0.222 e. The van der Waals surface area contributed by atoms with Crippen LogP contribution < -0.4 is 5.32 Å². The van der Waals surface area contributed by atoms with Crippen molar-refractivity contribution in [3.63, 3.8) is 0 Å². The van der Waals surface area contributed by atoms with Gasteiger partial charge in [0, 0.05) is 25.5 Å². The van der Waals surface area contributed by atoms with Gasteiger partial charge in [-0.25, -0.2) is 4.98 Å². The Labute approximate surface area is 126 Å². The molecule has 1 aliphatic carbocycles. The zero-order valence-electron chi connectivity index (χ0n) is 13.1. The summed E-state index contributed by atoms with van der Waals surface area (Å²) in [5.41, 5.74) is -0.771. The number of amides is 1. The van der Waals surface area contributed by atoms with E-state index in [-0.39, 0.29) is 12.3 Å². The number of aromatic nitrogens is 2. The lowest BCUT2D eigenvalue weighted by Gasteiger charge is -2.31. The van der Waals surface area contributed by atoms with Gasteiger partial charge >= 0.3 is 0 Å². The molecule has 5 heteroatoms. The molecule has 0 saturated heterocycles. The summed E-state index contributed by atoms with van der Waals surface area (Å²) in [4.78, 5) is 16.2. The Bertz CT molecular complexity index is 464. The summed E-state index contributed by atoms with van der Waals surface area (Å²) in [6.07, 6.45) is 8.72. The number of rotatable bonds is 6. The van der Waals surface area contributed by atoms with Crippen molar-refractivity contribution in [1.82, 2.24) is 14.9 Å².